The van der Waals surface area contributed by atoms with Crippen molar-refractivity contribution in [1.82, 2.24) is 0 Å². The normalized spacial score (nSPS) is 12.9. The minimum atomic E-state index is 0.172. The Kier molecular flexibility index (Phi) is 7.37. The number of hydrogen-bond donors (Lipinski definition) is 0. The molecule has 88 valence electrons. The molecule has 0 fully saturated rings. The zero-order valence-electron chi connectivity index (χ0n) is 11.0. The van der Waals surface area contributed by atoms with Gasteiger partial charge in [-0.25, -0.2) is 0 Å². The Labute approximate surface area is 95.0 Å². The third-order valence-electron chi connectivity index (χ3n) is 2.81. The minimum absolute atomic E-state index is 0.172. The van der Waals surface area contributed by atoms with Gasteiger partial charge in [-0.05, 0) is 19.8 Å². The number of allylic oxidation sites excluding steroid dienone is 2. The maximum absolute atomic E-state index is 11.7. The molecule has 0 aromatic carbocycles. The summed E-state index contributed by atoms with van der Waals surface area (Å²) >= 11 is 0. The number of carbonyl (C=O) groups excluding carboxylic acids is 1. The van der Waals surface area contributed by atoms with Crippen LogP contribution in [0.2, 0.25) is 0 Å². The monoisotopic (exact) mass is 210 g/mol. The summed E-state index contributed by atoms with van der Waals surface area (Å²) in [4.78, 5) is 11.7. The first-order valence-electron chi connectivity index (χ1n) is 6.23. The van der Waals surface area contributed by atoms with Crippen LogP contribution in [0.5, 0.6) is 0 Å². The first-order valence-corrected chi connectivity index (χ1v) is 6.23. The third kappa shape index (κ3) is 5.76. The zero-order chi connectivity index (χ0) is 11.8. The summed E-state index contributed by atoms with van der Waals surface area (Å²) in [7, 11) is 0. The number of rotatable bonds is 7. The van der Waals surface area contributed by atoms with E-state index in [1.54, 1.807) is 0 Å². The van der Waals surface area contributed by atoms with Gasteiger partial charge in [0, 0.05) is 12.3 Å². The maximum atomic E-state index is 11.7. The molecule has 0 aliphatic rings. The first-order chi connectivity index (χ1) is 7.02. The largest absolute Gasteiger partial charge is 0.299 e. The minimum Gasteiger partial charge on any atom is -0.299 e. The lowest BCUT2D eigenvalue weighted by molar-refractivity contribution is -0.121. The highest BCUT2D eigenvalue weighted by molar-refractivity contribution is 5.82. The highest BCUT2D eigenvalue weighted by Crippen LogP contribution is 2.20. The zero-order valence-corrected chi connectivity index (χ0v) is 11.0. The Morgan fingerprint density at radius 2 is 1.60 bits per heavy atom. The van der Waals surface area contributed by atoms with Gasteiger partial charge in [0.2, 0.25) is 0 Å². The van der Waals surface area contributed by atoms with Gasteiger partial charge in [0.25, 0.3) is 0 Å². The van der Waals surface area contributed by atoms with Crippen molar-refractivity contribution in [2.75, 3.05) is 0 Å². The molecular weight excluding hydrogens is 184 g/mol. The maximum Gasteiger partial charge on any atom is 0.139 e. The van der Waals surface area contributed by atoms with E-state index >= 15 is 0 Å². The van der Waals surface area contributed by atoms with Crippen molar-refractivity contribution in [2.45, 2.75) is 66.7 Å². The standard InChI is InChI=1S/C14H26O/c1-6-8-12(5)13(9-7-2)10-14(15)11(3)4/h11H,6-10H2,1-5H3/b13-12+. The summed E-state index contributed by atoms with van der Waals surface area (Å²) in [6.07, 6.45) is 5.22. The lowest BCUT2D eigenvalue weighted by Gasteiger charge is -2.12. The Hall–Kier alpha value is -0.590. The van der Waals surface area contributed by atoms with Gasteiger partial charge in [-0.1, -0.05) is 51.7 Å². The van der Waals surface area contributed by atoms with E-state index in [1.807, 2.05) is 13.8 Å². The quantitative estimate of drug-likeness (QED) is 0.565. The molecule has 0 rings (SSSR count). The molecule has 1 nitrogen and oxygen atoms in total. The summed E-state index contributed by atoms with van der Waals surface area (Å²) in [6.45, 7) is 10.5. The van der Waals surface area contributed by atoms with Crippen LogP contribution >= 0.6 is 0 Å². The van der Waals surface area contributed by atoms with Crippen molar-refractivity contribution < 1.29 is 4.79 Å². The fourth-order valence-electron chi connectivity index (χ4n) is 1.72. The van der Waals surface area contributed by atoms with E-state index in [2.05, 4.69) is 20.8 Å². The van der Waals surface area contributed by atoms with Gasteiger partial charge in [0.05, 0.1) is 0 Å². The molecular formula is C14H26O. The second-order valence-corrected chi connectivity index (χ2v) is 4.68. The SMILES string of the molecule is CCC/C(C)=C(\CCC)CC(=O)C(C)C. The van der Waals surface area contributed by atoms with Crippen LogP contribution < -0.4 is 0 Å². The Bertz CT molecular complexity index is 223. The Balaban J connectivity index is 4.52. The lowest BCUT2D eigenvalue weighted by Crippen LogP contribution is -2.08. The molecule has 0 saturated heterocycles. The number of carbonyl (C=O) groups is 1. The highest BCUT2D eigenvalue weighted by Gasteiger charge is 2.11. The molecule has 0 atom stereocenters. The van der Waals surface area contributed by atoms with E-state index in [4.69, 9.17) is 0 Å². The Morgan fingerprint density at radius 3 is 2.00 bits per heavy atom. The van der Waals surface area contributed by atoms with Crippen molar-refractivity contribution in [1.29, 1.82) is 0 Å². The van der Waals surface area contributed by atoms with Crippen LogP contribution in [0.4, 0.5) is 0 Å². The van der Waals surface area contributed by atoms with E-state index in [0.717, 1.165) is 19.3 Å². The molecule has 0 bridgehead atoms. The second kappa shape index (κ2) is 7.67. The van der Waals surface area contributed by atoms with Gasteiger partial charge in [-0.15, -0.1) is 0 Å². The first kappa shape index (κ1) is 14.4. The summed E-state index contributed by atoms with van der Waals surface area (Å²) in [5.74, 6) is 0.556. The molecule has 0 unspecified atom stereocenters. The van der Waals surface area contributed by atoms with Gasteiger partial charge in [-0.2, -0.15) is 0 Å². The fraction of sp³-hybridized carbons (Fsp3) is 0.786. The average Bonchev–Trinajstić information content (AvgIpc) is 2.17. The molecule has 0 aromatic rings. The van der Waals surface area contributed by atoms with Crippen LogP contribution in [0.25, 0.3) is 0 Å². The molecule has 0 N–H and O–H groups in total. The van der Waals surface area contributed by atoms with Crippen LogP contribution in [0, 0.1) is 5.92 Å². The molecule has 0 radical (unpaired) electrons. The highest BCUT2D eigenvalue weighted by atomic mass is 16.1. The van der Waals surface area contributed by atoms with Gasteiger partial charge in [0.15, 0.2) is 0 Å². The second-order valence-electron chi connectivity index (χ2n) is 4.68. The predicted molar refractivity (Wildman–Crippen MR) is 67.0 cm³/mol. The predicted octanol–water partition coefficient (Wildman–Crippen LogP) is 4.52. The van der Waals surface area contributed by atoms with Crippen LogP contribution in [-0.2, 0) is 4.79 Å². The van der Waals surface area contributed by atoms with E-state index in [0.29, 0.717) is 12.2 Å². The molecule has 1 heteroatoms. The molecule has 0 amide bonds. The molecule has 0 saturated carbocycles. The van der Waals surface area contributed by atoms with Crippen molar-refractivity contribution in [3.05, 3.63) is 11.1 Å². The van der Waals surface area contributed by atoms with Gasteiger partial charge < -0.3 is 0 Å². The van der Waals surface area contributed by atoms with Crippen molar-refractivity contribution in [2.24, 2.45) is 5.92 Å². The summed E-state index contributed by atoms with van der Waals surface area (Å²) in [5.41, 5.74) is 2.83. The van der Waals surface area contributed by atoms with Crippen LogP contribution in [0.1, 0.15) is 66.7 Å². The molecule has 15 heavy (non-hydrogen) atoms. The van der Waals surface area contributed by atoms with Crippen molar-refractivity contribution >= 4 is 5.78 Å². The van der Waals surface area contributed by atoms with Gasteiger partial charge in [0.1, 0.15) is 5.78 Å². The van der Waals surface area contributed by atoms with E-state index in [9.17, 15) is 4.79 Å². The Morgan fingerprint density at radius 1 is 1.07 bits per heavy atom. The van der Waals surface area contributed by atoms with Crippen LogP contribution in [0.15, 0.2) is 11.1 Å². The molecule has 0 spiro atoms. The van der Waals surface area contributed by atoms with Crippen molar-refractivity contribution in [3.63, 3.8) is 0 Å². The molecule has 0 heterocycles. The van der Waals surface area contributed by atoms with Crippen molar-refractivity contribution in [3.8, 4) is 0 Å². The summed E-state index contributed by atoms with van der Waals surface area (Å²) < 4.78 is 0. The van der Waals surface area contributed by atoms with E-state index in [1.165, 1.54) is 17.6 Å². The van der Waals surface area contributed by atoms with Crippen LogP contribution in [-0.4, -0.2) is 5.78 Å². The smallest absolute Gasteiger partial charge is 0.139 e. The molecule has 0 aliphatic carbocycles. The van der Waals surface area contributed by atoms with E-state index < -0.39 is 0 Å². The number of hydrogen-bond acceptors (Lipinski definition) is 1. The average molecular weight is 210 g/mol. The lowest BCUT2D eigenvalue weighted by atomic mass is 9.93. The van der Waals surface area contributed by atoms with Gasteiger partial charge in [-0.3, -0.25) is 4.79 Å². The topological polar surface area (TPSA) is 17.1 Å². The summed E-state index contributed by atoms with van der Waals surface area (Å²) in [5, 5.41) is 0. The number of ketones is 1. The summed E-state index contributed by atoms with van der Waals surface area (Å²) in [6, 6.07) is 0. The number of Topliss-reactive ketones (excluding diaryl/α,β-unsaturated/α-hetero) is 1. The van der Waals surface area contributed by atoms with Gasteiger partial charge >= 0.3 is 0 Å². The fourth-order valence-corrected chi connectivity index (χ4v) is 1.72. The third-order valence-corrected chi connectivity index (χ3v) is 2.81. The van der Waals surface area contributed by atoms with E-state index in [-0.39, 0.29) is 5.92 Å². The molecule has 0 aliphatic heterocycles. The molecule has 0 aromatic heterocycles. The van der Waals surface area contributed by atoms with Crippen LogP contribution in [0.3, 0.4) is 0 Å².